The van der Waals surface area contributed by atoms with Crippen molar-refractivity contribution in [1.82, 2.24) is 0 Å². The van der Waals surface area contributed by atoms with Crippen LogP contribution in [0.25, 0.3) is 0 Å². The summed E-state index contributed by atoms with van der Waals surface area (Å²) in [6, 6.07) is 27.0. The Labute approximate surface area is 243 Å². The lowest BCUT2D eigenvalue weighted by molar-refractivity contribution is 0.414. The van der Waals surface area contributed by atoms with E-state index in [1.54, 1.807) is 7.11 Å². The number of halogens is 2. The standard InChI is InChI=1S/C9H12O.2C8H9Br.C8H10.CH4/c1-7-4-5-9(10-3)6-8(7)2;1-6-3-4-8(9)7(2)5-6;1-6-4-3-5-8(9)7(6)2;1-7-5-3-4-6-8(7)2;/h4-6H,1-3H3;2*3-5H,1-2H3;3-6H,1-2H3;1H4. The van der Waals surface area contributed by atoms with E-state index in [2.05, 4.69) is 148 Å². The highest BCUT2D eigenvalue weighted by atomic mass is 79.9. The minimum absolute atomic E-state index is 0. The zero-order valence-corrected chi connectivity index (χ0v) is 26.3. The van der Waals surface area contributed by atoms with E-state index >= 15 is 0 Å². The van der Waals surface area contributed by atoms with Gasteiger partial charge in [-0.05, 0) is 119 Å². The first-order valence-corrected chi connectivity index (χ1v) is 13.6. The molecule has 0 aliphatic heterocycles. The van der Waals surface area contributed by atoms with E-state index in [1.807, 2.05) is 18.2 Å². The number of methoxy groups -OCH3 is 1. The van der Waals surface area contributed by atoms with E-state index in [0.717, 1.165) is 5.75 Å². The zero-order valence-electron chi connectivity index (χ0n) is 23.2. The average molecular weight is 629 g/mol. The van der Waals surface area contributed by atoms with Crippen LogP contribution in [0.5, 0.6) is 5.75 Å². The molecule has 0 aromatic heterocycles. The molecule has 4 aromatic rings. The first-order valence-electron chi connectivity index (χ1n) is 12.0. The van der Waals surface area contributed by atoms with Gasteiger partial charge >= 0.3 is 0 Å². The predicted octanol–water partition coefficient (Wildman–Crippen LogP) is 11.4. The summed E-state index contributed by atoms with van der Waals surface area (Å²) in [6.07, 6.45) is 0. The lowest BCUT2D eigenvalue weighted by Gasteiger charge is -2.02. The van der Waals surface area contributed by atoms with Gasteiger partial charge in [0.2, 0.25) is 0 Å². The fourth-order valence-electron chi connectivity index (χ4n) is 3.01. The number of hydrogen-bond acceptors (Lipinski definition) is 1. The maximum atomic E-state index is 5.05. The van der Waals surface area contributed by atoms with Crippen molar-refractivity contribution < 1.29 is 4.74 Å². The van der Waals surface area contributed by atoms with Crippen LogP contribution >= 0.6 is 31.9 Å². The van der Waals surface area contributed by atoms with Gasteiger partial charge in [0, 0.05) is 8.95 Å². The Bertz CT molecular complexity index is 1190. The Morgan fingerprint density at radius 2 is 1.03 bits per heavy atom. The van der Waals surface area contributed by atoms with E-state index in [9.17, 15) is 0 Å². The van der Waals surface area contributed by atoms with Gasteiger partial charge in [0.15, 0.2) is 0 Å². The van der Waals surface area contributed by atoms with Crippen molar-refractivity contribution in [2.75, 3.05) is 7.11 Å². The molecule has 1 nitrogen and oxygen atoms in total. The van der Waals surface area contributed by atoms with Crippen LogP contribution in [0.4, 0.5) is 0 Å². The lowest BCUT2D eigenvalue weighted by atomic mass is 10.1. The molecule has 0 atom stereocenters. The van der Waals surface area contributed by atoms with Crippen molar-refractivity contribution in [2.45, 2.75) is 62.8 Å². The van der Waals surface area contributed by atoms with Crippen LogP contribution in [-0.4, -0.2) is 7.11 Å². The van der Waals surface area contributed by atoms with Crippen LogP contribution in [0.15, 0.2) is 87.8 Å². The van der Waals surface area contributed by atoms with Crippen molar-refractivity contribution in [3.05, 3.63) is 132 Å². The quantitative estimate of drug-likeness (QED) is 0.204. The summed E-state index contributed by atoms with van der Waals surface area (Å²) < 4.78 is 7.43. The maximum absolute atomic E-state index is 5.05. The first kappa shape index (κ1) is 34.6. The van der Waals surface area contributed by atoms with Crippen molar-refractivity contribution in [3.8, 4) is 5.75 Å². The van der Waals surface area contributed by atoms with Gasteiger partial charge in [-0.3, -0.25) is 0 Å². The van der Waals surface area contributed by atoms with Crippen LogP contribution in [0.1, 0.15) is 51.9 Å². The molecule has 0 aliphatic rings. The predicted molar refractivity (Wildman–Crippen MR) is 172 cm³/mol. The number of benzene rings is 4. The van der Waals surface area contributed by atoms with Crippen LogP contribution in [0, 0.1) is 55.4 Å². The highest BCUT2D eigenvalue weighted by Crippen LogP contribution is 2.18. The number of hydrogen-bond donors (Lipinski definition) is 0. The number of rotatable bonds is 1. The van der Waals surface area contributed by atoms with Gasteiger partial charge in [0.1, 0.15) is 5.75 Å². The van der Waals surface area contributed by atoms with E-state index in [1.165, 1.54) is 53.5 Å². The molecular formula is C34H44Br2O. The molecule has 0 fully saturated rings. The van der Waals surface area contributed by atoms with Crippen LogP contribution in [0.2, 0.25) is 0 Å². The summed E-state index contributed by atoms with van der Waals surface area (Å²) in [5.41, 5.74) is 10.6. The molecule has 37 heavy (non-hydrogen) atoms. The second-order valence-electron chi connectivity index (χ2n) is 8.97. The monoisotopic (exact) mass is 626 g/mol. The molecule has 0 saturated heterocycles. The van der Waals surface area contributed by atoms with Crippen molar-refractivity contribution in [1.29, 1.82) is 0 Å². The number of ether oxygens (including phenoxy) is 1. The van der Waals surface area contributed by atoms with Gasteiger partial charge in [-0.2, -0.15) is 0 Å². The van der Waals surface area contributed by atoms with Crippen LogP contribution in [0.3, 0.4) is 0 Å². The molecule has 0 spiro atoms. The minimum Gasteiger partial charge on any atom is -0.497 e. The maximum Gasteiger partial charge on any atom is 0.119 e. The molecule has 0 bridgehead atoms. The molecule has 200 valence electrons. The first-order chi connectivity index (χ1) is 17.0. The van der Waals surface area contributed by atoms with E-state index < -0.39 is 0 Å². The second-order valence-corrected chi connectivity index (χ2v) is 10.7. The number of aryl methyl sites for hydroxylation is 7. The Morgan fingerprint density at radius 3 is 1.43 bits per heavy atom. The van der Waals surface area contributed by atoms with E-state index in [4.69, 9.17) is 4.74 Å². The molecule has 0 aliphatic carbocycles. The highest BCUT2D eigenvalue weighted by Gasteiger charge is 1.94. The summed E-state index contributed by atoms with van der Waals surface area (Å²) in [5.74, 6) is 0.933. The summed E-state index contributed by atoms with van der Waals surface area (Å²) in [4.78, 5) is 0. The van der Waals surface area contributed by atoms with Crippen molar-refractivity contribution >= 4 is 31.9 Å². The third-order valence-electron chi connectivity index (χ3n) is 5.99. The van der Waals surface area contributed by atoms with Gasteiger partial charge in [0.25, 0.3) is 0 Å². The fourth-order valence-corrected chi connectivity index (χ4v) is 3.73. The Kier molecular flexibility index (Phi) is 16.8. The summed E-state index contributed by atoms with van der Waals surface area (Å²) in [7, 11) is 1.68. The molecule has 3 heteroatoms. The third-order valence-corrected chi connectivity index (χ3v) is 7.74. The largest absolute Gasteiger partial charge is 0.497 e. The third kappa shape index (κ3) is 13.1. The fraction of sp³-hybridized carbons (Fsp3) is 0.294. The Hall–Kier alpha value is -2.36. The van der Waals surface area contributed by atoms with E-state index in [0.29, 0.717) is 0 Å². The minimum atomic E-state index is 0. The Morgan fingerprint density at radius 1 is 0.486 bits per heavy atom. The molecule has 0 N–H and O–H groups in total. The smallest absolute Gasteiger partial charge is 0.119 e. The van der Waals surface area contributed by atoms with E-state index in [-0.39, 0.29) is 7.43 Å². The van der Waals surface area contributed by atoms with Crippen molar-refractivity contribution in [3.63, 3.8) is 0 Å². The summed E-state index contributed by atoms with van der Waals surface area (Å²) in [5, 5.41) is 0. The topological polar surface area (TPSA) is 9.23 Å². The molecule has 0 heterocycles. The lowest BCUT2D eigenvalue weighted by Crippen LogP contribution is -1.85. The molecule has 4 aromatic carbocycles. The molecule has 0 saturated carbocycles. The van der Waals surface area contributed by atoms with Gasteiger partial charge < -0.3 is 4.74 Å². The van der Waals surface area contributed by atoms with Gasteiger partial charge in [-0.15, -0.1) is 0 Å². The molecule has 0 unspecified atom stereocenters. The zero-order chi connectivity index (χ0) is 27.3. The van der Waals surface area contributed by atoms with Crippen LogP contribution < -0.4 is 4.74 Å². The molecular weight excluding hydrogens is 584 g/mol. The summed E-state index contributed by atoms with van der Waals surface area (Å²) >= 11 is 6.88. The molecule has 4 rings (SSSR count). The van der Waals surface area contributed by atoms with Gasteiger partial charge in [-0.25, -0.2) is 0 Å². The summed E-state index contributed by atoms with van der Waals surface area (Å²) in [6.45, 7) is 16.8. The Balaban J connectivity index is 0.000000464. The SMILES string of the molecule is C.COc1ccc(C)c(C)c1.Cc1ccc(Br)c(C)c1.Cc1cccc(Br)c1C.Cc1ccccc1C. The van der Waals surface area contributed by atoms with Crippen LogP contribution in [-0.2, 0) is 0 Å². The molecule has 0 amide bonds. The normalized spacial score (nSPS) is 9.27. The van der Waals surface area contributed by atoms with Crippen molar-refractivity contribution in [2.24, 2.45) is 0 Å². The average Bonchev–Trinajstić information content (AvgIpc) is 2.85. The highest BCUT2D eigenvalue weighted by molar-refractivity contribution is 9.10. The second kappa shape index (κ2) is 18.0. The molecule has 0 radical (unpaired) electrons. The van der Waals surface area contributed by atoms with Gasteiger partial charge in [-0.1, -0.05) is 99.4 Å². The van der Waals surface area contributed by atoms with Gasteiger partial charge in [0.05, 0.1) is 7.11 Å².